The monoisotopic (exact) mass is 573 g/mol. The van der Waals surface area contributed by atoms with Crippen LogP contribution in [-0.2, 0) is 6.61 Å². The van der Waals surface area contributed by atoms with Gasteiger partial charge in [-0.3, -0.25) is 4.79 Å². The van der Waals surface area contributed by atoms with Crippen LogP contribution in [0.5, 0.6) is 17.2 Å². The van der Waals surface area contributed by atoms with Crippen molar-refractivity contribution < 1.29 is 28.9 Å². The Morgan fingerprint density at radius 2 is 1.55 bits per heavy atom. The zero-order valence-corrected chi connectivity index (χ0v) is 24.5. The number of carboxylic acid groups (broad SMARTS) is 1. The van der Waals surface area contributed by atoms with E-state index >= 15 is 0 Å². The number of nitrogen functional groups attached to an aromatic ring is 1. The molecular weight excluding hydrogens is 534 g/mol. The zero-order chi connectivity index (χ0) is 30.5. The van der Waals surface area contributed by atoms with Gasteiger partial charge in [-0.15, -0.1) is 0 Å². The maximum absolute atomic E-state index is 13.2. The topological polar surface area (TPSA) is 132 Å². The van der Waals surface area contributed by atoms with Crippen LogP contribution in [0.2, 0.25) is 0 Å². The van der Waals surface area contributed by atoms with Crippen LogP contribution in [0.4, 0.5) is 10.5 Å². The average Bonchev–Trinajstić information content (AvgIpc) is 2.96. The van der Waals surface area contributed by atoms with Crippen LogP contribution in [0.1, 0.15) is 54.7 Å². The largest absolute Gasteiger partial charge is 0.489 e. The molecule has 0 bridgehead atoms. The normalized spacial score (nSPS) is 10.5. The molecule has 0 aromatic heterocycles. The number of carbonyl (C=O) groups is 2. The van der Waals surface area contributed by atoms with Gasteiger partial charge in [0.15, 0.2) is 11.5 Å². The number of hydrogen-bond acceptors (Lipinski definition) is 6. The quantitative estimate of drug-likeness (QED) is 0.124. The molecular formula is C33H39N3O6. The van der Waals surface area contributed by atoms with Gasteiger partial charge in [-0.1, -0.05) is 69.9 Å². The van der Waals surface area contributed by atoms with Gasteiger partial charge in [0.25, 0.3) is 5.91 Å². The Labute approximate surface area is 247 Å². The first-order valence-electron chi connectivity index (χ1n) is 13.9. The van der Waals surface area contributed by atoms with Crippen LogP contribution in [0.3, 0.4) is 0 Å². The first kappa shape index (κ1) is 31.7. The lowest BCUT2D eigenvalue weighted by molar-refractivity contribution is 0.0952. The molecule has 3 aromatic rings. The fourth-order valence-electron chi connectivity index (χ4n) is 3.69. The Balaban J connectivity index is 2.01. The summed E-state index contributed by atoms with van der Waals surface area (Å²) in [6.45, 7) is 9.49. The van der Waals surface area contributed by atoms with Crippen molar-refractivity contribution in [2.45, 2.75) is 34.3 Å². The molecule has 3 aromatic carbocycles. The van der Waals surface area contributed by atoms with Gasteiger partial charge in [0.1, 0.15) is 12.4 Å². The summed E-state index contributed by atoms with van der Waals surface area (Å²) in [5.41, 5.74) is 8.89. The van der Waals surface area contributed by atoms with Crippen molar-refractivity contribution >= 4 is 17.7 Å². The van der Waals surface area contributed by atoms with E-state index in [9.17, 15) is 9.59 Å². The molecule has 0 heterocycles. The van der Waals surface area contributed by atoms with E-state index in [1.54, 1.807) is 30.3 Å². The van der Waals surface area contributed by atoms with Crippen molar-refractivity contribution in [3.05, 3.63) is 82.9 Å². The summed E-state index contributed by atoms with van der Waals surface area (Å²) < 4.78 is 18.2. The lowest BCUT2D eigenvalue weighted by Gasteiger charge is -2.19. The molecule has 222 valence electrons. The second-order valence-electron chi connectivity index (χ2n) is 10.5. The molecule has 0 aliphatic heterocycles. The third-order valence-electron chi connectivity index (χ3n) is 5.78. The standard InChI is InChI=1S/C33H39N3O6/c1-22(2)19-41-30-15-13-28(32(37)35-16-17-36-33(38)39)27(31(30)42-20-23(3)4)12-10-25-18-26(11-14-29(25)34)40-21-24-8-6-5-7-9-24/h5-9,11,13-15,18,22-23,36H,16-17,19-21,34H2,1-4H3,(H,35,37)(H,38,39). The highest BCUT2D eigenvalue weighted by Crippen LogP contribution is 2.35. The Morgan fingerprint density at radius 3 is 2.24 bits per heavy atom. The second-order valence-corrected chi connectivity index (χ2v) is 10.5. The molecule has 0 atom stereocenters. The number of carbonyl (C=O) groups excluding carboxylic acids is 1. The summed E-state index contributed by atoms with van der Waals surface area (Å²) in [7, 11) is 0. The molecule has 2 amide bonds. The molecule has 9 nitrogen and oxygen atoms in total. The minimum atomic E-state index is -1.17. The summed E-state index contributed by atoms with van der Waals surface area (Å²) >= 11 is 0. The van der Waals surface area contributed by atoms with Gasteiger partial charge in [-0.25, -0.2) is 4.79 Å². The van der Waals surface area contributed by atoms with E-state index in [0.29, 0.717) is 53.9 Å². The molecule has 0 aliphatic rings. The predicted octanol–water partition coefficient (Wildman–Crippen LogP) is 5.31. The Morgan fingerprint density at radius 1 is 0.857 bits per heavy atom. The van der Waals surface area contributed by atoms with Gasteiger partial charge in [0.2, 0.25) is 0 Å². The molecule has 0 aliphatic carbocycles. The van der Waals surface area contributed by atoms with Crippen molar-refractivity contribution in [1.82, 2.24) is 10.6 Å². The van der Waals surface area contributed by atoms with E-state index in [2.05, 4.69) is 22.5 Å². The molecule has 5 N–H and O–H groups in total. The molecule has 0 spiro atoms. The summed E-state index contributed by atoms with van der Waals surface area (Å²) in [5.74, 6) is 7.71. The number of anilines is 1. The fraction of sp³-hybridized carbons (Fsp3) is 0.333. The van der Waals surface area contributed by atoms with Gasteiger partial charge >= 0.3 is 6.09 Å². The second kappa shape index (κ2) is 15.8. The maximum atomic E-state index is 13.2. The Bertz CT molecular complexity index is 1410. The first-order valence-corrected chi connectivity index (χ1v) is 13.9. The van der Waals surface area contributed by atoms with Gasteiger partial charge in [0, 0.05) is 18.8 Å². The zero-order valence-electron chi connectivity index (χ0n) is 24.5. The Hall–Kier alpha value is -4.84. The van der Waals surface area contributed by atoms with E-state index in [1.807, 2.05) is 58.0 Å². The number of ether oxygens (including phenoxy) is 3. The van der Waals surface area contributed by atoms with Crippen LogP contribution in [0.25, 0.3) is 0 Å². The van der Waals surface area contributed by atoms with Crippen molar-refractivity contribution in [2.24, 2.45) is 11.8 Å². The summed E-state index contributed by atoms with van der Waals surface area (Å²) in [5, 5.41) is 13.8. The highest BCUT2D eigenvalue weighted by atomic mass is 16.5. The van der Waals surface area contributed by atoms with Crippen LogP contribution in [0.15, 0.2) is 60.7 Å². The third-order valence-corrected chi connectivity index (χ3v) is 5.78. The highest BCUT2D eigenvalue weighted by molar-refractivity contribution is 5.98. The number of rotatable bonds is 13. The minimum absolute atomic E-state index is 0.0562. The van der Waals surface area contributed by atoms with E-state index in [0.717, 1.165) is 5.56 Å². The van der Waals surface area contributed by atoms with Crippen LogP contribution in [-0.4, -0.2) is 43.4 Å². The average molecular weight is 574 g/mol. The number of hydrogen-bond donors (Lipinski definition) is 4. The number of amides is 2. The van der Waals surface area contributed by atoms with E-state index in [-0.39, 0.29) is 30.5 Å². The minimum Gasteiger partial charge on any atom is -0.489 e. The number of benzene rings is 3. The lowest BCUT2D eigenvalue weighted by atomic mass is 10.0. The summed E-state index contributed by atoms with van der Waals surface area (Å²) in [6, 6.07) is 18.4. The van der Waals surface area contributed by atoms with E-state index in [1.165, 1.54) is 0 Å². The molecule has 3 rings (SSSR count). The molecule has 42 heavy (non-hydrogen) atoms. The molecule has 0 fully saturated rings. The van der Waals surface area contributed by atoms with E-state index in [4.69, 9.17) is 25.1 Å². The summed E-state index contributed by atoms with van der Waals surface area (Å²) in [4.78, 5) is 24.0. The number of nitrogens with one attached hydrogen (secondary N) is 2. The van der Waals surface area contributed by atoms with Crippen LogP contribution < -0.4 is 30.6 Å². The maximum Gasteiger partial charge on any atom is 0.404 e. The summed E-state index contributed by atoms with van der Waals surface area (Å²) in [6.07, 6.45) is -1.17. The SMILES string of the molecule is CC(C)COc1ccc(C(=O)NCCNC(=O)O)c(C#Cc2cc(OCc3ccccc3)ccc2N)c1OCC(C)C. The van der Waals surface area contributed by atoms with Crippen molar-refractivity contribution in [1.29, 1.82) is 0 Å². The third kappa shape index (κ3) is 9.97. The van der Waals surface area contributed by atoms with Gasteiger partial charge in [-0.05, 0) is 47.7 Å². The van der Waals surface area contributed by atoms with Crippen LogP contribution in [0, 0.1) is 23.7 Å². The molecule has 9 heteroatoms. The van der Waals surface area contributed by atoms with Crippen molar-refractivity contribution in [2.75, 3.05) is 32.0 Å². The smallest absolute Gasteiger partial charge is 0.404 e. The Kier molecular flexibility index (Phi) is 11.9. The first-order chi connectivity index (χ1) is 20.1. The molecule has 0 unspecified atom stereocenters. The van der Waals surface area contributed by atoms with E-state index < -0.39 is 12.0 Å². The molecule has 0 radical (unpaired) electrons. The van der Waals surface area contributed by atoms with Gasteiger partial charge < -0.3 is 35.7 Å². The molecule has 0 saturated heterocycles. The van der Waals surface area contributed by atoms with Crippen molar-refractivity contribution in [3.63, 3.8) is 0 Å². The highest BCUT2D eigenvalue weighted by Gasteiger charge is 2.20. The predicted molar refractivity (Wildman–Crippen MR) is 163 cm³/mol. The van der Waals surface area contributed by atoms with Gasteiger partial charge in [-0.2, -0.15) is 0 Å². The van der Waals surface area contributed by atoms with Crippen LogP contribution >= 0.6 is 0 Å². The number of nitrogens with two attached hydrogens (primary N) is 1. The fourth-order valence-corrected chi connectivity index (χ4v) is 3.69. The molecule has 0 saturated carbocycles. The van der Waals surface area contributed by atoms with Crippen molar-refractivity contribution in [3.8, 4) is 29.1 Å². The lowest BCUT2D eigenvalue weighted by Crippen LogP contribution is -2.34. The van der Waals surface area contributed by atoms with Gasteiger partial charge in [0.05, 0.1) is 29.9 Å².